The smallest absolute Gasteiger partial charge is 0.293 e. The van der Waals surface area contributed by atoms with Crippen molar-refractivity contribution in [3.8, 4) is 0 Å². The van der Waals surface area contributed by atoms with E-state index in [2.05, 4.69) is 4.99 Å². The Morgan fingerprint density at radius 3 is 2.53 bits per heavy atom. The first-order valence-electron chi connectivity index (χ1n) is 5.04. The van der Waals surface area contributed by atoms with Crippen molar-refractivity contribution in [3.63, 3.8) is 0 Å². The van der Waals surface area contributed by atoms with Gasteiger partial charge in [-0.25, -0.2) is 4.39 Å². The maximum Gasteiger partial charge on any atom is 0.416 e. The van der Waals surface area contributed by atoms with Crippen LogP contribution < -0.4 is 0 Å². The van der Waals surface area contributed by atoms with Crippen molar-refractivity contribution >= 4 is 11.8 Å². The number of dihydropyridines is 1. The Labute approximate surface area is 95.5 Å². The first-order valence-corrected chi connectivity index (χ1v) is 5.04. The molecule has 0 aromatic heterocycles. The number of hydrogen-bond donors (Lipinski definition) is 0. The largest absolute Gasteiger partial charge is 0.416 e. The van der Waals surface area contributed by atoms with Crippen molar-refractivity contribution in [2.24, 2.45) is 4.99 Å². The Balaban J connectivity index is 2.54. The molecule has 0 bridgehead atoms. The summed E-state index contributed by atoms with van der Waals surface area (Å²) >= 11 is 0. The number of alkyl halides is 3. The second-order valence-electron chi connectivity index (χ2n) is 3.68. The van der Waals surface area contributed by atoms with Crippen molar-refractivity contribution in [1.82, 2.24) is 0 Å². The van der Waals surface area contributed by atoms with Crippen LogP contribution >= 0.6 is 0 Å². The predicted molar refractivity (Wildman–Crippen MR) is 57.4 cm³/mol. The third-order valence-corrected chi connectivity index (χ3v) is 2.52. The Bertz CT molecular complexity index is 486. The van der Waals surface area contributed by atoms with Gasteiger partial charge < -0.3 is 0 Å². The fourth-order valence-corrected chi connectivity index (χ4v) is 1.74. The number of allylic oxidation sites excluding steroid dienone is 1. The number of rotatable bonds is 1. The van der Waals surface area contributed by atoms with Crippen molar-refractivity contribution in [2.45, 2.75) is 12.6 Å². The van der Waals surface area contributed by atoms with Crippen molar-refractivity contribution in [2.75, 3.05) is 6.54 Å². The topological polar surface area (TPSA) is 12.4 Å². The lowest BCUT2D eigenvalue weighted by molar-refractivity contribution is -0.137. The van der Waals surface area contributed by atoms with E-state index in [1.165, 1.54) is 12.3 Å². The van der Waals surface area contributed by atoms with Crippen LogP contribution in [0.5, 0.6) is 0 Å². The zero-order valence-electron chi connectivity index (χ0n) is 8.76. The van der Waals surface area contributed by atoms with E-state index in [-0.39, 0.29) is 5.56 Å². The van der Waals surface area contributed by atoms with E-state index in [1.807, 2.05) is 0 Å². The van der Waals surface area contributed by atoms with Crippen LogP contribution in [0, 0.1) is 5.82 Å². The molecule has 17 heavy (non-hydrogen) atoms. The van der Waals surface area contributed by atoms with Gasteiger partial charge in [-0.2, -0.15) is 13.2 Å². The molecule has 0 unspecified atom stereocenters. The van der Waals surface area contributed by atoms with E-state index in [4.69, 9.17) is 0 Å². The van der Waals surface area contributed by atoms with E-state index in [0.717, 1.165) is 18.2 Å². The molecule has 1 aliphatic heterocycles. The van der Waals surface area contributed by atoms with Crippen LogP contribution in [0.2, 0.25) is 0 Å². The molecule has 0 radical (unpaired) electrons. The molecule has 5 heteroatoms. The molecule has 1 aliphatic rings. The lowest BCUT2D eigenvalue weighted by Crippen LogP contribution is -2.10. The summed E-state index contributed by atoms with van der Waals surface area (Å²) in [6, 6.07) is 2.52. The molecular formula is C12H9F4N. The van der Waals surface area contributed by atoms with Gasteiger partial charge in [-0.1, -0.05) is 0 Å². The summed E-state index contributed by atoms with van der Waals surface area (Å²) in [6.45, 7) is 0.430. The van der Waals surface area contributed by atoms with Gasteiger partial charge in [-0.05, 0) is 41.8 Å². The zero-order chi connectivity index (χ0) is 12.5. The molecule has 1 nitrogen and oxygen atoms in total. The minimum atomic E-state index is -4.47. The molecule has 0 fully saturated rings. The number of aliphatic imine (C=N–C) groups is 1. The molecule has 2 rings (SSSR count). The van der Waals surface area contributed by atoms with Gasteiger partial charge in [0.1, 0.15) is 5.82 Å². The highest BCUT2D eigenvalue weighted by atomic mass is 19.4. The van der Waals surface area contributed by atoms with Gasteiger partial charge in [0.25, 0.3) is 0 Å². The van der Waals surface area contributed by atoms with Gasteiger partial charge in [0.2, 0.25) is 0 Å². The number of benzene rings is 1. The second kappa shape index (κ2) is 4.31. The highest BCUT2D eigenvalue weighted by molar-refractivity contribution is 5.87. The Kier molecular flexibility index (Phi) is 3.00. The molecule has 0 atom stereocenters. The summed E-state index contributed by atoms with van der Waals surface area (Å²) in [4.78, 5) is 3.89. The maximum atomic E-state index is 13.1. The number of hydrogen-bond acceptors (Lipinski definition) is 1. The van der Waals surface area contributed by atoms with Crippen LogP contribution in [-0.4, -0.2) is 12.8 Å². The standard InChI is InChI=1S/C12H9F4N/c13-9-1-2-11(12(14,15)16)10(7-9)8-3-5-17-6-4-8/h1-3,5,7H,4,6H2. The molecule has 0 spiro atoms. The quantitative estimate of drug-likeness (QED) is 0.667. The molecule has 0 N–H and O–H groups in total. The van der Waals surface area contributed by atoms with Crippen LogP contribution in [0.3, 0.4) is 0 Å². The van der Waals surface area contributed by atoms with Gasteiger partial charge in [0.15, 0.2) is 0 Å². The van der Waals surface area contributed by atoms with Crippen LogP contribution in [0.4, 0.5) is 17.6 Å². The minimum absolute atomic E-state index is 0.0938. The summed E-state index contributed by atoms with van der Waals surface area (Å²) < 4.78 is 51.3. The average Bonchev–Trinajstić information content (AvgIpc) is 2.28. The summed E-state index contributed by atoms with van der Waals surface area (Å²) in [7, 11) is 0. The third-order valence-electron chi connectivity index (χ3n) is 2.52. The SMILES string of the molecule is Fc1ccc(C(F)(F)F)c(C2=CC=NCC2)c1. The van der Waals surface area contributed by atoms with Crippen LogP contribution in [0.25, 0.3) is 5.57 Å². The molecule has 0 amide bonds. The summed E-state index contributed by atoms with van der Waals surface area (Å²) in [5.74, 6) is -0.670. The summed E-state index contributed by atoms with van der Waals surface area (Å²) in [6.07, 6.45) is -1.14. The lowest BCUT2D eigenvalue weighted by Gasteiger charge is -2.16. The first kappa shape index (κ1) is 11.8. The molecule has 0 saturated heterocycles. The van der Waals surface area contributed by atoms with Crippen LogP contribution in [0.1, 0.15) is 17.5 Å². The fourth-order valence-electron chi connectivity index (χ4n) is 1.74. The van der Waals surface area contributed by atoms with E-state index in [9.17, 15) is 17.6 Å². The van der Waals surface area contributed by atoms with Crippen LogP contribution in [0.15, 0.2) is 29.3 Å². The van der Waals surface area contributed by atoms with Gasteiger partial charge >= 0.3 is 6.18 Å². The van der Waals surface area contributed by atoms with Crippen molar-refractivity contribution < 1.29 is 17.6 Å². The van der Waals surface area contributed by atoms with Crippen molar-refractivity contribution in [3.05, 3.63) is 41.2 Å². The summed E-state index contributed by atoms with van der Waals surface area (Å²) in [5, 5.41) is 0. The Morgan fingerprint density at radius 1 is 1.18 bits per heavy atom. The molecular weight excluding hydrogens is 234 g/mol. The summed E-state index contributed by atoms with van der Waals surface area (Å²) in [5.41, 5.74) is -0.434. The monoisotopic (exact) mass is 243 g/mol. The van der Waals surface area contributed by atoms with Gasteiger partial charge in [-0.3, -0.25) is 4.99 Å². The number of halogens is 4. The average molecular weight is 243 g/mol. The second-order valence-corrected chi connectivity index (χ2v) is 3.68. The first-order chi connectivity index (χ1) is 7.98. The molecule has 1 heterocycles. The third kappa shape index (κ3) is 2.54. The highest BCUT2D eigenvalue weighted by Gasteiger charge is 2.34. The molecule has 1 aromatic rings. The maximum absolute atomic E-state index is 13.1. The normalized spacial score (nSPS) is 15.9. The van der Waals surface area contributed by atoms with E-state index in [1.54, 1.807) is 0 Å². The van der Waals surface area contributed by atoms with Crippen LogP contribution in [-0.2, 0) is 6.18 Å². The fraction of sp³-hybridized carbons (Fsp3) is 0.250. The van der Waals surface area contributed by atoms with Gasteiger partial charge in [-0.15, -0.1) is 0 Å². The lowest BCUT2D eigenvalue weighted by atomic mass is 9.95. The molecule has 1 aromatic carbocycles. The molecule has 0 aliphatic carbocycles. The highest BCUT2D eigenvalue weighted by Crippen LogP contribution is 2.36. The van der Waals surface area contributed by atoms with E-state index >= 15 is 0 Å². The van der Waals surface area contributed by atoms with E-state index in [0.29, 0.717) is 18.5 Å². The van der Waals surface area contributed by atoms with Gasteiger partial charge in [0, 0.05) is 12.8 Å². The van der Waals surface area contributed by atoms with Crippen molar-refractivity contribution in [1.29, 1.82) is 0 Å². The molecule has 90 valence electrons. The Morgan fingerprint density at radius 2 is 1.94 bits per heavy atom. The Hall–Kier alpha value is -1.65. The predicted octanol–water partition coefficient (Wildman–Crippen LogP) is 3.70. The van der Waals surface area contributed by atoms with Gasteiger partial charge in [0.05, 0.1) is 5.56 Å². The minimum Gasteiger partial charge on any atom is -0.293 e. The zero-order valence-corrected chi connectivity index (χ0v) is 8.76. The van der Waals surface area contributed by atoms with E-state index < -0.39 is 17.6 Å². The number of nitrogens with zero attached hydrogens (tertiary/aromatic N) is 1. The molecule has 0 saturated carbocycles.